The molecular formula is C27H26N4O5. The summed E-state index contributed by atoms with van der Waals surface area (Å²) in [5.74, 6) is -0.120. The molecule has 0 amide bonds. The zero-order valence-corrected chi connectivity index (χ0v) is 19.6. The summed E-state index contributed by atoms with van der Waals surface area (Å²) < 4.78 is 5.93. The molecule has 4 aromatic rings. The van der Waals surface area contributed by atoms with Crippen molar-refractivity contribution in [1.82, 2.24) is 9.97 Å². The van der Waals surface area contributed by atoms with Crippen LogP contribution in [0.5, 0.6) is 11.6 Å². The van der Waals surface area contributed by atoms with Crippen LogP contribution in [0.15, 0.2) is 64.6 Å². The van der Waals surface area contributed by atoms with Crippen molar-refractivity contribution in [2.75, 3.05) is 23.3 Å². The Hall–Kier alpha value is -4.27. The largest absolute Gasteiger partial charge is 0.480 e. The highest BCUT2D eigenvalue weighted by molar-refractivity contribution is 5.86. The quantitative estimate of drug-likeness (QED) is 0.360. The Morgan fingerprint density at radius 3 is 2.44 bits per heavy atom. The van der Waals surface area contributed by atoms with Crippen molar-refractivity contribution < 1.29 is 14.6 Å². The Kier molecular flexibility index (Phi) is 6.62. The minimum absolute atomic E-state index is 0.116. The van der Waals surface area contributed by atoms with Crippen LogP contribution in [0.25, 0.3) is 10.8 Å². The standard InChI is InChI=1S/C27H26N4O5/c32-24-22(23(25(24)33)31-13-3-1-2-4-14-31)30-21(27(34)35)15-17-5-7-19(8-6-17)36-26-20-16-28-11-9-18(20)10-12-29-26/h5-12,16,21,30H,1-4,13-15H2,(H,34,35). The van der Waals surface area contributed by atoms with E-state index in [0.29, 0.717) is 30.4 Å². The number of carboxylic acids is 1. The number of nitrogens with zero attached hydrogens (tertiary/aromatic N) is 3. The normalized spacial score (nSPS) is 14.9. The van der Waals surface area contributed by atoms with Gasteiger partial charge >= 0.3 is 5.97 Å². The van der Waals surface area contributed by atoms with Crippen LogP contribution in [-0.2, 0) is 11.2 Å². The summed E-state index contributed by atoms with van der Waals surface area (Å²) in [4.78, 5) is 47.0. The van der Waals surface area contributed by atoms with E-state index in [1.54, 1.807) is 42.9 Å². The van der Waals surface area contributed by atoms with Crippen LogP contribution in [-0.4, -0.2) is 40.2 Å². The van der Waals surface area contributed by atoms with E-state index in [-0.39, 0.29) is 12.1 Å². The van der Waals surface area contributed by atoms with E-state index in [2.05, 4.69) is 15.3 Å². The fraction of sp³-hybridized carbons (Fsp3) is 0.296. The maximum Gasteiger partial charge on any atom is 0.326 e. The molecule has 0 saturated carbocycles. The minimum atomic E-state index is -1.10. The van der Waals surface area contributed by atoms with Crippen LogP contribution in [0.3, 0.4) is 0 Å². The number of hydrogen-bond donors (Lipinski definition) is 2. The molecule has 0 aliphatic carbocycles. The lowest BCUT2D eigenvalue weighted by Crippen LogP contribution is -2.46. The molecule has 36 heavy (non-hydrogen) atoms. The van der Waals surface area contributed by atoms with Crippen LogP contribution in [0.2, 0.25) is 0 Å². The average Bonchev–Trinajstić information content (AvgIpc) is 3.18. The van der Waals surface area contributed by atoms with Gasteiger partial charge in [0.05, 0.1) is 5.39 Å². The van der Waals surface area contributed by atoms with E-state index in [9.17, 15) is 19.5 Å². The molecule has 0 radical (unpaired) electrons. The zero-order chi connectivity index (χ0) is 25.1. The summed E-state index contributed by atoms with van der Waals surface area (Å²) >= 11 is 0. The number of hydrogen-bond acceptors (Lipinski definition) is 8. The first-order valence-electron chi connectivity index (χ1n) is 12.0. The molecule has 3 heterocycles. The summed E-state index contributed by atoms with van der Waals surface area (Å²) in [7, 11) is 0. The SMILES string of the molecule is O=C(O)C(Cc1ccc(Oc2nccc3ccncc23)cc1)Nc1c(N2CCCCCC2)c(=O)c1=O. The van der Waals surface area contributed by atoms with Gasteiger partial charge in [-0.25, -0.2) is 9.78 Å². The van der Waals surface area contributed by atoms with Gasteiger partial charge in [0.2, 0.25) is 5.88 Å². The Morgan fingerprint density at radius 2 is 1.72 bits per heavy atom. The molecule has 1 aliphatic heterocycles. The van der Waals surface area contributed by atoms with Crippen molar-refractivity contribution in [2.45, 2.75) is 38.1 Å². The van der Waals surface area contributed by atoms with Crippen LogP contribution in [0.1, 0.15) is 31.2 Å². The lowest BCUT2D eigenvalue weighted by Gasteiger charge is -2.27. The first kappa shape index (κ1) is 23.5. The van der Waals surface area contributed by atoms with Crippen molar-refractivity contribution in [3.05, 3.63) is 81.0 Å². The number of rotatable bonds is 8. The number of carboxylic acid groups (broad SMARTS) is 1. The second-order valence-corrected chi connectivity index (χ2v) is 8.98. The van der Waals surface area contributed by atoms with Crippen molar-refractivity contribution in [2.24, 2.45) is 0 Å². The topological polar surface area (TPSA) is 122 Å². The zero-order valence-electron chi connectivity index (χ0n) is 19.6. The number of pyridine rings is 2. The van der Waals surface area contributed by atoms with Gasteiger partial charge in [0.25, 0.3) is 10.9 Å². The second-order valence-electron chi connectivity index (χ2n) is 8.98. The predicted octanol–water partition coefficient (Wildman–Crippen LogP) is 3.51. The van der Waals surface area contributed by atoms with Gasteiger partial charge in [-0.3, -0.25) is 14.6 Å². The third kappa shape index (κ3) is 4.77. The molecule has 1 unspecified atom stereocenters. The van der Waals surface area contributed by atoms with Gasteiger partial charge in [0.15, 0.2) is 0 Å². The summed E-state index contributed by atoms with van der Waals surface area (Å²) in [6, 6.07) is 9.72. The van der Waals surface area contributed by atoms with E-state index in [4.69, 9.17) is 4.74 Å². The molecule has 0 spiro atoms. The van der Waals surface area contributed by atoms with Crippen molar-refractivity contribution in [3.63, 3.8) is 0 Å². The van der Waals surface area contributed by atoms with Gasteiger partial charge < -0.3 is 20.1 Å². The van der Waals surface area contributed by atoms with E-state index in [0.717, 1.165) is 42.0 Å². The molecule has 2 N–H and O–H groups in total. The van der Waals surface area contributed by atoms with Crippen LogP contribution < -0.4 is 25.8 Å². The Labute approximate surface area is 207 Å². The number of aromatic nitrogens is 2. The molecule has 9 nitrogen and oxygen atoms in total. The molecule has 1 fully saturated rings. The van der Waals surface area contributed by atoms with Gasteiger partial charge in [0.1, 0.15) is 23.2 Å². The average molecular weight is 487 g/mol. The molecule has 184 valence electrons. The van der Waals surface area contributed by atoms with Crippen molar-refractivity contribution in [1.29, 1.82) is 0 Å². The molecule has 1 atom stereocenters. The van der Waals surface area contributed by atoms with Crippen LogP contribution in [0, 0.1) is 0 Å². The molecule has 0 bridgehead atoms. The van der Waals surface area contributed by atoms with E-state index in [1.165, 1.54) is 0 Å². The number of nitrogens with one attached hydrogen (secondary N) is 1. The first-order chi connectivity index (χ1) is 17.5. The maximum absolute atomic E-state index is 12.3. The third-order valence-electron chi connectivity index (χ3n) is 6.53. The summed E-state index contributed by atoms with van der Waals surface area (Å²) in [5.41, 5.74) is -0.00714. The number of fused-ring (bicyclic) bond motifs is 1. The molecule has 1 saturated heterocycles. The highest BCUT2D eigenvalue weighted by atomic mass is 16.5. The Bertz CT molecular complexity index is 1450. The molecule has 9 heteroatoms. The number of anilines is 2. The maximum atomic E-state index is 12.3. The van der Waals surface area contributed by atoms with E-state index >= 15 is 0 Å². The molecule has 1 aliphatic rings. The fourth-order valence-corrected chi connectivity index (χ4v) is 4.59. The fourth-order valence-electron chi connectivity index (χ4n) is 4.59. The van der Waals surface area contributed by atoms with Crippen molar-refractivity contribution >= 4 is 28.1 Å². The summed E-state index contributed by atoms with van der Waals surface area (Å²) in [6.45, 7) is 1.39. The smallest absolute Gasteiger partial charge is 0.326 e. The summed E-state index contributed by atoms with van der Waals surface area (Å²) in [6.07, 6.45) is 9.24. The van der Waals surface area contributed by atoms with Crippen LogP contribution >= 0.6 is 0 Å². The van der Waals surface area contributed by atoms with Gasteiger partial charge in [-0.2, -0.15) is 0 Å². The summed E-state index contributed by atoms with van der Waals surface area (Å²) in [5, 5.41) is 14.4. The van der Waals surface area contributed by atoms with Crippen LogP contribution in [0.4, 0.5) is 11.4 Å². The number of aliphatic carboxylic acids is 1. The molecule has 5 rings (SSSR count). The lowest BCUT2D eigenvalue weighted by atomic mass is 10.0. The minimum Gasteiger partial charge on any atom is -0.480 e. The Morgan fingerprint density at radius 1 is 1.00 bits per heavy atom. The molecule has 2 aromatic carbocycles. The highest BCUT2D eigenvalue weighted by Crippen LogP contribution is 2.28. The van der Waals surface area contributed by atoms with Crippen molar-refractivity contribution in [3.8, 4) is 11.6 Å². The monoisotopic (exact) mass is 486 g/mol. The lowest BCUT2D eigenvalue weighted by molar-refractivity contribution is -0.137. The van der Waals surface area contributed by atoms with E-state index < -0.39 is 22.9 Å². The van der Waals surface area contributed by atoms with Gasteiger partial charge in [0, 0.05) is 38.1 Å². The van der Waals surface area contributed by atoms with Gasteiger partial charge in [-0.05, 0) is 48.1 Å². The molecule has 2 aromatic heterocycles. The Balaban J connectivity index is 1.30. The third-order valence-corrected chi connectivity index (χ3v) is 6.53. The predicted molar refractivity (Wildman–Crippen MR) is 137 cm³/mol. The number of benzene rings is 1. The number of ether oxygens (including phenoxy) is 1. The molecular weight excluding hydrogens is 460 g/mol. The van der Waals surface area contributed by atoms with E-state index in [1.807, 2.05) is 17.0 Å². The second kappa shape index (κ2) is 10.2. The highest BCUT2D eigenvalue weighted by Gasteiger charge is 2.30. The number of carbonyl (C=O) groups is 1. The van der Waals surface area contributed by atoms with Gasteiger partial charge in [-0.15, -0.1) is 0 Å². The first-order valence-corrected chi connectivity index (χ1v) is 12.0. The van der Waals surface area contributed by atoms with Gasteiger partial charge in [-0.1, -0.05) is 25.0 Å².